The summed E-state index contributed by atoms with van der Waals surface area (Å²) in [5.41, 5.74) is 4.18. The summed E-state index contributed by atoms with van der Waals surface area (Å²) in [6.45, 7) is 6.92. The summed E-state index contributed by atoms with van der Waals surface area (Å²) in [6, 6.07) is 29.5. The van der Waals surface area contributed by atoms with Crippen LogP contribution in [0, 0.1) is 0 Å². The second kappa shape index (κ2) is 15.5. The lowest BCUT2D eigenvalue weighted by molar-refractivity contribution is -0.126. The minimum atomic E-state index is -0.864. The van der Waals surface area contributed by atoms with E-state index in [4.69, 9.17) is 23.7 Å². The van der Waals surface area contributed by atoms with Crippen LogP contribution in [0.15, 0.2) is 103 Å². The molecular formula is C48H49N5O7. The standard InChI is InChI=1S/C48H49N5O7/c1-47(21-5-23-52(47)26-33-6-3-8-40-43(33)58-29-56-40)45(54)50-37-16-18-38(19-17-37)60-42-25-49-22-20-39(42)35-24-48(2,46(55)51-36-14-12-32(13-15-36)31-10-11-31)53(28-35)27-34-7-4-9-41-44(34)59-30-57-41/h3-4,6-9,12-20,22,25,31,35H,5,10-11,21,23-24,26-30H2,1-2H3,(H,50,54)(H,51,55)/t35?,47-,48+/m1/s1. The van der Waals surface area contributed by atoms with Crippen LogP contribution >= 0.6 is 0 Å². The molecule has 60 heavy (non-hydrogen) atoms. The average Bonchev–Trinajstić information content (AvgIpc) is 3.54. The molecule has 0 radical (unpaired) electrons. The molecule has 5 aromatic rings. The minimum absolute atomic E-state index is 0.0467. The third kappa shape index (κ3) is 7.28. The predicted octanol–water partition coefficient (Wildman–Crippen LogP) is 8.59. The van der Waals surface area contributed by atoms with E-state index in [0.29, 0.717) is 54.9 Å². The first-order chi connectivity index (χ1) is 29.2. The number of rotatable bonds is 12. The molecule has 4 aromatic carbocycles. The minimum Gasteiger partial charge on any atom is -0.455 e. The van der Waals surface area contributed by atoms with Gasteiger partial charge in [0.1, 0.15) is 11.5 Å². The van der Waals surface area contributed by atoms with E-state index < -0.39 is 11.1 Å². The Bertz CT molecular complexity index is 2420. The van der Waals surface area contributed by atoms with E-state index in [1.807, 2.05) is 92.7 Å². The Kier molecular flexibility index (Phi) is 9.84. The first kappa shape index (κ1) is 38.1. The van der Waals surface area contributed by atoms with Gasteiger partial charge in [0.25, 0.3) is 0 Å². The van der Waals surface area contributed by atoms with Gasteiger partial charge in [0.2, 0.25) is 25.4 Å². The van der Waals surface area contributed by atoms with E-state index in [1.165, 1.54) is 18.4 Å². The van der Waals surface area contributed by atoms with Crippen molar-refractivity contribution in [2.45, 2.75) is 82.0 Å². The van der Waals surface area contributed by atoms with E-state index in [-0.39, 0.29) is 31.3 Å². The first-order valence-electron chi connectivity index (χ1n) is 20.9. The number of pyridine rings is 1. The van der Waals surface area contributed by atoms with Gasteiger partial charge in [-0.05, 0) is 119 Å². The van der Waals surface area contributed by atoms with Gasteiger partial charge in [-0.2, -0.15) is 0 Å². The Morgan fingerprint density at radius 2 is 1.35 bits per heavy atom. The maximum Gasteiger partial charge on any atom is 0.244 e. The Labute approximate surface area is 349 Å². The van der Waals surface area contributed by atoms with Crippen molar-refractivity contribution in [2.75, 3.05) is 37.3 Å². The van der Waals surface area contributed by atoms with E-state index >= 15 is 0 Å². The van der Waals surface area contributed by atoms with E-state index in [0.717, 1.165) is 59.0 Å². The van der Waals surface area contributed by atoms with Crippen LogP contribution in [0.1, 0.15) is 80.0 Å². The first-order valence-corrected chi connectivity index (χ1v) is 20.9. The number of carbonyl (C=O) groups excluding carboxylic acids is 2. The molecule has 1 unspecified atom stereocenters. The van der Waals surface area contributed by atoms with Crippen LogP contribution in [0.25, 0.3) is 0 Å². The number of nitrogens with zero attached hydrogens (tertiary/aromatic N) is 3. The maximum atomic E-state index is 14.4. The van der Waals surface area contributed by atoms with E-state index in [2.05, 4.69) is 37.6 Å². The highest BCUT2D eigenvalue weighted by atomic mass is 16.7. The van der Waals surface area contributed by atoms with Crippen LogP contribution in [0.2, 0.25) is 0 Å². The number of aromatic nitrogens is 1. The number of likely N-dealkylation sites (tertiary alicyclic amines) is 2. The Morgan fingerprint density at radius 1 is 0.733 bits per heavy atom. The molecular weight excluding hydrogens is 759 g/mol. The third-order valence-corrected chi connectivity index (χ3v) is 13.0. The van der Waals surface area contributed by atoms with Crippen molar-refractivity contribution in [2.24, 2.45) is 0 Å². The fraction of sp³-hybridized carbons (Fsp3) is 0.354. The van der Waals surface area contributed by atoms with Crippen molar-refractivity contribution in [3.8, 4) is 34.5 Å². The Balaban J connectivity index is 0.846. The lowest BCUT2D eigenvalue weighted by atomic mass is 9.89. The van der Waals surface area contributed by atoms with Crippen molar-refractivity contribution in [3.63, 3.8) is 0 Å². The number of anilines is 2. The van der Waals surface area contributed by atoms with Gasteiger partial charge in [-0.1, -0.05) is 36.4 Å². The molecule has 4 aliphatic heterocycles. The van der Waals surface area contributed by atoms with Crippen LogP contribution in [-0.2, 0) is 22.7 Å². The van der Waals surface area contributed by atoms with Crippen LogP contribution < -0.4 is 34.3 Å². The zero-order chi connectivity index (χ0) is 40.8. The Morgan fingerprint density at radius 3 is 2.00 bits per heavy atom. The van der Waals surface area contributed by atoms with Gasteiger partial charge in [0.15, 0.2) is 23.0 Å². The van der Waals surface area contributed by atoms with E-state index in [9.17, 15) is 9.59 Å². The molecule has 1 saturated carbocycles. The molecule has 5 heterocycles. The van der Waals surface area contributed by atoms with Crippen LogP contribution in [0.5, 0.6) is 34.5 Å². The molecule has 0 spiro atoms. The fourth-order valence-corrected chi connectivity index (χ4v) is 9.33. The number of fused-ring (bicyclic) bond motifs is 2. The molecule has 10 rings (SSSR count). The molecule has 1 aliphatic carbocycles. The molecule has 5 aliphatic rings. The van der Waals surface area contributed by atoms with Gasteiger partial charge in [-0.25, -0.2) is 0 Å². The topological polar surface area (TPSA) is 124 Å². The lowest BCUT2D eigenvalue weighted by Crippen LogP contribution is -2.50. The smallest absolute Gasteiger partial charge is 0.244 e. The zero-order valence-electron chi connectivity index (χ0n) is 33.9. The summed E-state index contributed by atoms with van der Waals surface area (Å²) in [7, 11) is 0. The molecule has 1 aromatic heterocycles. The van der Waals surface area contributed by atoms with Crippen molar-refractivity contribution in [1.29, 1.82) is 0 Å². The number of amides is 2. The molecule has 3 atom stereocenters. The highest BCUT2D eigenvalue weighted by Gasteiger charge is 2.49. The molecule has 2 amide bonds. The van der Waals surface area contributed by atoms with Crippen LogP contribution in [-0.4, -0.2) is 64.4 Å². The SMILES string of the molecule is C[C@@]1(C(=O)Nc2ccc(C3CC3)cc2)CC(c2ccncc2Oc2ccc(NC(=O)[C@@]3(C)CCCN3Cc3cccc4c3OCO4)cc2)CN1Cc1cccc2c1OCO2. The summed E-state index contributed by atoms with van der Waals surface area (Å²) in [5, 5.41) is 6.41. The molecule has 0 bridgehead atoms. The van der Waals surface area contributed by atoms with Crippen molar-refractivity contribution in [1.82, 2.24) is 14.8 Å². The number of ether oxygens (including phenoxy) is 5. The van der Waals surface area contributed by atoms with Gasteiger partial charge in [0, 0.05) is 59.8 Å². The summed E-state index contributed by atoms with van der Waals surface area (Å²) in [5.74, 6) is 4.64. The largest absolute Gasteiger partial charge is 0.455 e. The zero-order valence-corrected chi connectivity index (χ0v) is 33.9. The Hall–Kier alpha value is -6.11. The lowest BCUT2D eigenvalue weighted by Gasteiger charge is -2.34. The summed E-state index contributed by atoms with van der Waals surface area (Å²) >= 11 is 0. The summed E-state index contributed by atoms with van der Waals surface area (Å²) in [4.78, 5) is 37.2. The van der Waals surface area contributed by atoms with Crippen LogP contribution in [0.3, 0.4) is 0 Å². The van der Waals surface area contributed by atoms with Gasteiger partial charge in [0.05, 0.1) is 17.3 Å². The van der Waals surface area contributed by atoms with Crippen LogP contribution in [0.4, 0.5) is 11.4 Å². The highest BCUT2D eigenvalue weighted by molar-refractivity contribution is 5.99. The van der Waals surface area contributed by atoms with E-state index in [1.54, 1.807) is 12.4 Å². The molecule has 12 nitrogen and oxygen atoms in total. The third-order valence-electron chi connectivity index (χ3n) is 13.0. The van der Waals surface area contributed by atoms with Crippen molar-refractivity contribution < 1.29 is 33.3 Å². The number of para-hydroxylation sites is 2. The highest BCUT2D eigenvalue weighted by Crippen LogP contribution is 2.46. The van der Waals surface area contributed by atoms with Crippen molar-refractivity contribution in [3.05, 3.63) is 126 Å². The van der Waals surface area contributed by atoms with Gasteiger partial charge >= 0.3 is 0 Å². The fourth-order valence-electron chi connectivity index (χ4n) is 9.33. The monoisotopic (exact) mass is 807 g/mol. The number of benzene rings is 4. The molecule has 2 N–H and O–H groups in total. The molecule has 308 valence electrons. The summed E-state index contributed by atoms with van der Waals surface area (Å²) in [6.07, 6.45) is 8.19. The summed E-state index contributed by atoms with van der Waals surface area (Å²) < 4.78 is 29.4. The quantitative estimate of drug-likeness (QED) is 0.127. The second-order valence-electron chi connectivity index (χ2n) is 17.0. The predicted molar refractivity (Wildman–Crippen MR) is 226 cm³/mol. The normalized spacial score (nSPS) is 23.1. The van der Waals surface area contributed by atoms with Gasteiger partial charge < -0.3 is 34.3 Å². The van der Waals surface area contributed by atoms with Gasteiger partial charge in [-0.3, -0.25) is 24.4 Å². The second-order valence-corrected chi connectivity index (χ2v) is 17.0. The molecule has 12 heteroatoms. The molecule has 2 saturated heterocycles. The number of carbonyl (C=O) groups is 2. The number of hydrogen-bond acceptors (Lipinski definition) is 10. The number of nitrogens with one attached hydrogen (secondary N) is 2. The van der Waals surface area contributed by atoms with Crippen molar-refractivity contribution >= 4 is 23.2 Å². The van der Waals surface area contributed by atoms with Gasteiger partial charge in [-0.15, -0.1) is 0 Å². The molecule has 3 fully saturated rings. The number of hydrogen-bond donors (Lipinski definition) is 2. The maximum absolute atomic E-state index is 14.4. The average molecular weight is 808 g/mol.